The molecule has 2 fully saturated rings. The second-order valence-electron chi connectivity index (χ2n) is 6.71. The molecule has 0 radical (unpaired) electrons. The van der Waals surface area contributed by atoms with Crippen LogP contribution in [0.2, 0.25) is 0 Å². The molecule has 25 heavy (non-hydrogen) atoms. The van der Waals surface area contributed by atoms with Crippen molar-refractivity contribution in [1.82, 2.24) is 0 Å². The monoisotopic (exact) mass is 385 g/mol. The highest BCUT2D eigenvalue weighted by Gasteiger charge is 2.48. The number of hydrogen-bond donors (Lipinski definition) is 3. The summed E-state index contributed by atoms with van der Waals surface area (Å²) in [6, 6.07) is 0. The van der Waals surface area contributed by atoms with Crippen LogP contribution in [0, 0.1) is 11.8 Å². The summed E-state index contributed by atoms with van der Waals surface area (Å²) in [5, 5.41) is 30.3. The van der Waals surface area contributed by atoms with Crippen LogP contribution in [0.5, 0.6) is 0 Å². The van der Waals surface area contributed by atoms with Crippen molar-refractivity contribution in [3.8, 4) is 0 Å². The Hall–Kier alpha value is -0.370. The van der Waals surface area contributed by atoms with E-state index in [-0.39, 0.29) is 18.4 Å². The Morgan fingerprint density at radius 1 is 1.04 bits per heavy atom. The molecule has 10 nitrogen and oxygen atoms in total. The van der Waals surface area contributed by atoms with Gasteiger partial charge >= 0.3 is 0 Å². The zero-order valence-corrected chi connectivity index (χ0v) is 15.0. The van der Waals surface area contributed by atoms with Crippen LogP contribution < -0.4 is 0 Å². The summed E-state index contributed by atoms with van der Waals surface area (Å²) >= 11 is 0. The van der Waals surface area contributed by atoms with Crippen LogP contribution in [0.1, 0.15) is 20.3 Å². The third-order valence-corrected chi connectivity index (χ3v) is 5.22. The molecule has 1 saturated heterocycles. The van der Waals surface area contributed by atoms with Crippen LogP contribution in [-0.2, 0) is 28.8 Å². The molecule has 9 atom stereocenters. The van der Waals surface area contributed by atoms with Crippen LogP contribution in [-0.4, -0.2) is 84.9 Å². The van der Waals surface area contributed by atoms with Gasteiger partial charge in [0.1, 0.15) is 18.3 Å². The van der Waals surface area contributed by atoms with Crippen molar-refractivity contribution < 1.29 is 46.7 Å². The quantitative estimate of drug-likeness (QED) is 0.370. The van der Waals surface area contributed by atoms with E-state index >= 15 is 0 Å². The van der Waals surface area contributed by atoms with Crippen LogP contribution in [0.15, 0.2) is 0 Å². The van der Waals surface area contributed by atoms with Crippen LogP contribution in [0.4, 0.5) is 0 Å². The summed E-state index contributed by atoms with van der Waals surface area (Å²) in [7, 11) is -3.77. The number of aliphatic hydroxyl groups is 3. The minimum Gasteiger partial charge on any atom is -0.726 e. The van der Waals surface area contributed by atoms with E-state index in [0.717, 1.165) is 0 Å². The first-order valence-corrected chi connectivity index (χ1v) is 9.36. The maximum absolute atomic E-state index is 11.0. The lowest BCUT2D eigenvalue weighted by Gasteiger charge is -2.45. The maximum Gasteiger partial charge on any atom is 0.218 e. The van der Waals surface area contributed by atoms with Crippen molar-refractivity contribution in [2.24, 2.45) is 11.8 Å². The van der Waals surface area contributed by atoms with Gasteiger partial charge in [-0.2, -0.15) is 0 Å². The first-order chi connectivity index (χ1) is 11.5. The third kappa shape index (κ3) is 4.87. The molecular weight excluding hydrogens is 360 g/mol. The van der Waals surface area contributed by atoms with Crippen molar-refractivity contribution in [2.75, 3.05) is 13.7 Å². The molecule has 148 valence electrons. The second kappa shape index (κ2) is 8.11. The van der Waals surface area contributed by atoms with Gasteiger partial charge in [0.2, 0.25) is 10.4 Å². The summed E-state index contributed by atoms with van der Waals surface area (Å²) in [5.74, 6) is -0.691. The van der Waals surface area contributed by atoms with Gasteiger partial charge in [0, 0.05) is 13.0 Å². The summed E-state index contributed by atoms with van der Waals surface area (Å²) < 4.78 is 53.7. The molecule has 0 bridgehead atoms. The van der Waals surface area contributed by atoms with Gasteiger partial charge in [0.05, 0.1) is 24.9 Å². The highest BCUT2D eigenvalue weighted by molar-refractivity contribution is 7.80. The lowest BCUT2D eigenvalue weighted by atomic mass is 9.81. The molecule has 1 saturated carbocycles. The first-order valence-electron chi connectivity index (χ1n) is 8.03. The molecule has 1 aliphatic carbocycles. The number of hydrogen-bond acceptors (Lipinski definition) is 10. The third-order valence-electron chi connectivity index (χ3n) is 4.76. The van der Waals surface area contributed by atoms with Gasteiger partial charge in [-0.3, -0.25) is 4.18 Å². The van der Waals surface area contributed by atoms with E-state index in [1.54, 1.807) is 13.8 Å². The predicted octanol–water partition coefficient (Wildman–Crippen LogP) is -1.65. The Balaban J connectivity index is 2.19. The van der Waals surface area contributed by atoms with E-state index < -0.39 is 53.3 Å². The topological polar surface area (TPSA) is 155 Å². The zero-order valence-electron chi connectivity index (χ0n) is 14.2. The average molecular weight is 385 g/mol. The fraction of sp³-hybridized carbons (Fsp3) is 1.00. The zero-order chi connectivity index (χ0) is 18.9. The smallest absolute Gasteiger partial charge is 0.218 e. The van der Waals surface area contributed by atoms with E-state index in [4.69, 9.17) is 14.2 Å². The van der Waals surface area contributed by atoms with Gasteiger partial charge < -0.3 is 34.1 Å². The highest BCUT2D eigenvalue weighted by atomic mass is 32.3. The Labute approximate surface area is 146 Å². The lowest BCUT2D eigenvalue weighted by Crippen LogP contribution is -2.59. The lowest BCUT2D eigenvalue weighted by molar-refractivity contribution is -0.297. The molecule has 1 aliphatic heterocycles. The Bertz CT molecular complexity index is 540. The van der Waals surface area contributed by atoms with E-state index in [0.29, 0.717) is 6.42 Å². The Morgan fingerprint density at radius 2 is 1.68 bits per heavy atom. The summed E-state index contributed by atoms with van der Waals surface area (Å²) in [6.45, 7) is 3.51. The van der Waals surface area contributed by atoms with Crippen molar-refractivity contribution in [3.05, 3.63) is 0 Å². The molecule has 0 aromatic heterocycles. The maximum atomic E-state index is 11.0. The summed E-state index contributed by atoms with van der Waals surface area (Å²) in [6.07, 6.45) is -8.15. The molecule has 0 aromatic carbocycles. The number of rotatable bonds is 5. The van der Waals surface area contributed by atoms with E-state index in [1.807, 2.05) is 0 Å². The van der Waals surface area contributed by atoms with Gasteiger partial charge in [-0.05, 0) is 12.3 Å². The fourth-order valence-corrected chi connectivity index (χ4v) is 3.78. The molecule has 0 amide bonds. The van der Waals surface area contributed by atoms with Gasteiger partial charge in [0.25, 0.3) is 0 Å². The molecule has 2 unspecified atom stereocenters. The molecule has 0 spiro atoms. The first kappa shape index (κ1) is 20.9. The average Bonchev–Trinajstić information content (AvgIpc) is 2.52. The van der Waals surface area contributed by atoms with Crippen molar-refractivity contribution in [1.29, 1.82) is 0 Å². The van der Waals surface area contributed by atoms with E-state index in [1.165, 1.54) is 7.11 Å². The minimum absolute atomic E-state index is 0.124. The SMILES string of the molecule is COC1CC(C)[C@H](O[C@@H]2OC[C@@H](C)[C@@H](O)[C@@H]2O)[C@H](OS(=O)(=O)[O-])[C@@H]1O. The molecule has 3 N–H and O–H groups in total. The molecule has 1 heterocycles. The van der Waals surface area contributed by atoms with Gasteiger partial charge in [-0.1, -0.05) is 13.8 Å². The van der Waals surface area contributed by atoms with Gasteiger partial charge in [0.15, 0.2) is 6.29 Å². The van der Waals surface area contributed by atoms with E-state index in [2.05, 4.69) is 4.18 Å². The molecule has 2 rings (SSSR count). The number of ether oxygens (including phenoxy) is 3. The van der Waals surface area contributed by atoms with Crippen LogP contribution in [0.25, 0.3) is 0 Å². The number of methoxy groups -OCH3 is 1. The number of aliphatic hydroxyl groups excluding tert-OH is 3. The Kier molecular flexibility index (Phi) is 6.79. The van der Waals surface area contributed by atoms with Gasteiger partial charge in [-0.25, -0.2) is 8.42 Å². The standard InChI is InChI=1S/C14H26O10S/c1-6-4-8(21-3)10(16)13(24-25(18,19)20)12(6)23-14-11(17)9(15)7(2)5-22-14/h6-17H,4-5H2,1-3H3,(H,18,19,20)/p-1/t6?,7-,8?,9-,10-,11+,12+,13-,14+/m1/s1. The summed E-state index contributed by atoms with van der Waals surface area (Å²) in [5.41, 5.74) is 0. The van der Waals surface area contributed by atoms with Crippen LogP contribution >= 0.6 is 0 Å². The Morgan fingerprint density at radius 3 is 2.24 bits per heavy atom. The molecule has 2 aliphatic rings. The van der Waals surface area contributed by atoms with E-state index in [9.17, 15) is 28.3 Å². The fourth-order valence-electron chi connectivity index (χ4n) is 3.28. The molecule has 0 aromatic rings. The van der Waals surface area contributed by atoms with Crippen molar-refractivity contribution in [2.45, 2.75) is 63.2 Å². The van der Waals surface area contributed by atoms with Crippen molar-refractivity contribution >= 4 is 10.4 Å². The summed E-state index contributed by atoms with van der Waals surface area (Å²) in [4.78, 5) is 0. The van der Waals surface area contributed by atoms with Crippen molar-refractivity contribution in [3.63, 3.8) is 0 Å². The molecule has 11 heteroatoms. The second-order valence-corrected chi connectivity index (χ2v) is 7.72. The molecular formula is C14H25O10S-. The largest absolute Gasteiger partial charge is 0.726 e. The highest BCUT2D eigenvalue weighted by Crippen LogP contribution is 2.34. The minimum atomic E-state index is -5.12. The normalized spacial score (nSPS) is 46.1. The predicted molar refractivity (Wildman–Crippen MR) is 80.9 cm³/mol. The van der Waals surface area contributed by atoms with Gasteiger partial charge in [-0.15, -0.1) is 0 Å². The van der Waals surface area contributed by atoms with Crippen LogP contribution in [0.3, 0.4) is 0 Å².